The average Bonchev–Trinajstić information content (AvgIpc) is 2.47. The molecule has 0 saturated carbocycles. The van der Waals surface area contributed by atoms with Crippen LogP contribution in [0, 0.1) is 5.92 Å². The highest BCUT2D eigenvalue weighted by molar-refractivity contribution is 6.33. The molecule has 0 unspecified atom stereocenters. The molecule has 0 aromatic heterocycles. The van der Waals surface area contributed by atoms with Crippen LogP contribution < -0.4 is 10.2 Å². The van der Waals surface area contributed by atoms with Crippen LogP contribution in [-0.2, 0) is 6.54 Å². The van der Waals surface area contributed by atoms with Crippen LogP contribution in [-0.4, -0.2) is 19.1 Å². The van der Waals surface area contributed by atoms with Crippen molar-refractivity contribution >= 4 is 17.3 Å². The molecule has 0 heterocycles. The summed E-state index contributed by atoms with van der Waals surface area (Å²) in [6.45, 7) is 14.0. The first-order valence-electron chi connectivity index (χ1n) is 8.28. The lowest BCUT2D eigenvalue weighted by atomic mass is 10.0. The maximum Gasteiger partial charge on any atom is 0.0642 e. The smallest absolute Gasteiger partial charge is 0.0642 e. The van der Waals surface area contributed by atoms with E-state index in [1.165, 1.54) is 24.1 Å². The predicted octanol–water partition coefficient (Wildman–Crippen LogP) is 5.10. The van der Waals surface area contributed by atoms with Crippen LogP contribution in [0.15, 0.2) is 18.2 Å². The quantitative estimate of drug-likeness (QED) is 0.682. The molecule has 0 bridgehead atoms. The van der Waals surface area contributed by atoms with Gasteiger partial charge >= 0.3 is 0 Å². The highest BCUT2D eigenvalue weighted by Gasteiger charge is 2.13. The Hall–Kier alpha value is -0.730. The summed E-state index contributed by atoms with van der Waals surface area (Å²) in [6.07, 6.45) is 2.45. The standard InChI is InChI=1S/C18H31ClN2/c1-6-15(7-2)13-21(8-3)18-10-9-16(11-17(18)19)12-20-14(4)5/h9-11,14-15,20H,6-8,12-13H2,1-5H3. The fraction of sp³-hybridized carbons (Fsp3) is 0.667. The fourth-order valence-corrected chi connectivity index (χ4v) is 2.82. The molecule has 0 atom stereocenters. The summed E-state index contributed by atoms with van der Waals surface area (Å²) in [7, 11) is 0. The van der Waals surface area contributed by atoms with Gasteiger partial charge in [0.15, 0.2) is 0 Å². The van der Waals surface area contributed by atoms with Gasteiger partial charge in [-0.2, -0.15) is 0 Å². The number of anilines is 1. The molecule has 1 rings (SSSR count). The highest BCUT2D eigenvalue weighted by atomic mass is 35.5. The molecule has 0 aliphatic carbocycles. The van der Waals surface area contributed by atoms with E-state index in [4.69, 9.17) is 11.6 Å². The Morgan fingerprint density at radius 2 is 1.81 bits per heavy atom. The lowest BCUT2D eigenvalue weighted by Gasteiger charge is -2.28. The van der Waals surface area contributed by atoms with Gasteiger partial charge in [-0.3, -0.25) is 0 Å². The SMILES string of the molecule is CCC(CC)CN(CC)c1ccc(CNC(C)C)cc1Cl. The summed E-state index contributed by atoms with van der Waals surface area (Å²) in [6, 6.07) is 6.95. The number of nitrogens with one attached hydrogen (secondary N) is 1. The van der Waals surface area contributed by atoms with E-state index in [2.05, 4.69) is 63.0 Å². The van der Waals surface area contributed by atoms with E-state index in [1.54, 1.807) is 0 Å². The van der Waals surface area contributed by atoms with Gasteiger partial charge < -0.3 is 10.2 Å². The Morgan fingerprint density at radius 1 is 1.14 bits per heavy atom. The molecule has 0 radical (unpaired) electrons. The third-order valence-electron chi connectivity index (χ3n) is 4.08. The summed E-state index contributed by atoms with van der Waals surface area (Å²) < 4.78 is 0. The van der Waals surface area contributed by atoms with Crippen molar-refractivity contribution in [3.8, 4) is 0 Å². The Balaban J connectivity index is 2.80. The third-order valence-corrected chi connectivity index (χ3v) is 4.38. The van der Waals surface area contributed by atoms with E-state index < -0.39 is 0 Å². The lowest BCUT2D eigenvalue weighted by molar-refractivity contribution is 0.486. The molecule has 0 aliphatic rings. The number of halogens is 1. The molecule has 120 valence electrons. The van der Waals surface area contributed by atoms with E-state index in [9.17, 15) is 0 Å². The van der Waals surface area contributed by atoms with Crippen molar-refractivity contribution in [2.75, 3.05) is 18.0 Å². The van der Waals surface area contributed by atoms with Gasteiger partial charge in [-0.1, -0.05) is 58.2 Å². The first-order chi connectivity index (χ1) is 10.0. The minimum atomic E-state index is 0.491. The topological polar surface area (TPSA) is 15.3 Å². The molecule has 1 N–H and O–H groups in total. The summed E-state index contributed by atoms with van der Waals surface area (Å²) in [5, 5.41) is 4.30. The third kappa shape index (κ3) is 5.88. The van der Waals surface area contributed by atoms with Crippen molar-refractivity contribution < 1.29 is 0 Å². The van der Waals surface area contributed by atoms with E-state index in [-0.39, 0.29) is 0 Å². The van der Waals surface area contributed by atoms with Crippen LogP contribution in [0.5, 0.6) is 0 Å². The molecule has 0 spiro atoms. The van der Waals surface area contributed by atoms with Gasteiger partial charge in [-0.25, -0.2) is 0 Å². The molecule has 0 saturated heterocycles. The van der Waals surface area contributed by atoms with Gasteiger partial charge in [0.2, 0.25) is 0 Å². The summed E-state index contributed by atoms with van der Waals surface area (Å²) in [5.74, 6) is 0.739. The van der Waals surface area contributed by atoms with Crippen molar-refractivity contribution in [3.05, 3.63) is 28.8 Å². The molecular formula is C18H31ClN2. The van der Waals surface area contributed by atoms with Crippen molar-refractivity contribution in [1.82, 2.24) is 5.32 Å². The minimum Gasteiger partial charge on any atom is -0.370 e. The maximum absolute atomic E-state index is 6.52. The first-order valence-corrected chi connectivity index (χ1v) is 8.66. The zero-order valence-corrected chi connectivity index (χ0v) is 15.0. The van der Waals surface area contributed by atoms with Crippen LogP contribution in [0.1, 0.15) is 53.0 Å². The molecule has 2 nitrogen and oxygen atoms in total. The number of rotatable bonds is 9. The summed E-state index contributed by atoms with van der Waals surface area (Å²) in [5.41, 5.74) is 2.41. The Labute approximate surface area is 135 Å². The summed E-state index contributed by atoms with van der Waals surface area (Å²) in [4.78, 5) is 2.40. The molecule has 21 heavy (non-hydrogen) atoms. The fourth-order valence-electron chi connectivity index (χ4n) is 2.50. The minimum absolute atomic E-state index is 0.491. The number of hydrogen-bond donors (Lipinski definition) is 1. The number of nitrogens with zero attached hydrogens (tertiary/aromatic N) is 1. The second-order valence-corrected chi connectivity index (χ2v) is 6.45. The van der Waals surface area contributed by atoms with Gasteiger partial charge in [-0.05, 0) is 30.5 Å². The van der Waals surface area contributed by atoms with Gasteiger partial charge in [0.05, 0.1) is 10.7 Å². The summed E-state index contributed by atoms with van der Waals surface area (Å²) >= 11 is 6.52. The molecule has 0 amide bonds. The second kappa shape index (κ2) is 9.32. The van der Waals surface area contributed by atoms with E-state index in [0.29, 0.717) is 6.04 Å². The maximum atomic E-state index is 6.52. The van der Waals surface area contributed by atoms with E-state index in [1.807, 2.05) is 0 Å². The molecule has 1 aromatic rings. The number of benzene rings is 1. The molecule has 3 heteroatoms. The van der Waals surface area contributed by atoms with Crippen LogP contribution in [0.25, 0.3) is 0 Å². The van der Waals surface area contributed by atoms with Crippen LogP contribution in [0.4, 0.5) is 5.69 Å². The van der Waals surface area contributed by atoms with Crippen LogP contribution in [0.3, 0.4) is 0 Å². The Bertz CT molecular complexity index is 414. The van der Waals surface area contributed by atoms with E-state index in [0.717, 1.165) is 30.6 Å². The van der Waals surface area contributed by atoms with Crippen molar-refractivity contribution in [2.24, 2.45) is 5.92 Å². The van der Waals surface area contributed by atoms with E-state index >= 15 is 0 Å². The average molecular weight is 311 g/mol. The normalized spacial score (nSPS) is 11.4. The van der Waals surface area contributed by atoms with Crippen molar-refractivity contribution in [1.29, 1.82) is 0 Å². The first kappa shape index (κ1) is 18.3. The second-order valence-electron chi connectivity index (χ2n) is 6.04. The monoisotopic (exact) mass is 310 g/mol. The molecule has 0 fully saturated rings. The van der Waals surface area contributed by atoms with Crippen molar-refractivity contribution in [3.63, 3.8) is 0 Å². The van der Waals surface area contributed by atoms with Crippen LogP contribution in [0.2, 0.25) is 5.02 Å². The Morgan fingerprint density at radius 3 is 2.29 bits per heavy atom. The predicted molar refractivity (Wildman–Crippen MR) is 95.4 cm³/mol. The van der Waals surface area contributed by atoms with Crippen molar-refractivity contribution in [2.45, 2.75) is 60.0 Å². The lowest BCUT2D eigenvalue weighted by Crippen LogP contribution is -2.29. The molecule has 0 aliphatic heterocycles. The number of hydrogen-bond acceptors (Lipinski definition) is 2. The van der Waals surface area contributed by atoms with Gasteiger partial charge in [-0.15, -0.1) is 0 Å². The molecule has 1 aromatic carbocycles. The van der Waals surface area contributed by atoms with Gasteiger partial charge in [0, 0.05) is 25.7 Å². The van der Waals surface area contributed by atoms with Gasteiger partial charge in [0.1, 0.15) is 0 Å². The highest BCUT2D eigenvalue weighted by Crippen LogP contribution is 2.28. The van der Waals surface area contributed by atoms with Gasteiger partial charge in [0.25, 0.3) is 0 Å². The zero-order chi connectivity index (χ0) is 15.8. The van der Waals surface area contributed by atoms with Crippen LogP contribution >= 0.6 is 11.6 Å². The Kier molecular flexibility index (Phi) is 8.13. The largest absolute Gasteiger partial charge is 0.370 e. The zero-order valence-electron chi connectivity index (χ0n) is 14.2. The molecular weight excluding hydrogens is 280 g/mol.